The van der Waals surface area contributed by atoms with Crippen molar-refractivity contribution in [3.63, 3.8) is 0 Å². The number of hydrogen-bond donors (Lipinski definition) is 0. The van der Waals surface area contributed by atoms with Gasteiger partial charge in [-0.1, -0.05) is 0 Å². The highest BCUT2D eigenvalue weighted by molar-refractivity contribution is 5.92. The van der Waals surface area contributed by atoms with E-state index in [9.17, 15) is 4.79 Å². The van der Waals surface area contributed by atoms with E-state index in [1.165, 1.54) is 12.8 Å². The predicted molar refractivity (Wildman–Crippen MR) is 89.3 cm³/mol. The lowest BCUT2D eigenvalue weighted by Crippen LogP contribution is -2.30. The summed E-state index contributed by atoms with van der Waals surface area (Å²) in [5.41, 5.74) is 2.63. The second-order valence-electron chi connectivity index (χ2n) is 5.82. The Kier molecular flexibility index (Phi) is 4.37. The molecule has 1 saturated carbocycles. The Labute approximate surface area is 136 Å². The van der Waals surface area contributed by atoms with Gasteiger partial charge >= 0.3 is 0 Å². The Morgan fingerprint density at radius 2 is 1.91 bits per heavy atom. The molecule has 1 aliphatic rings. The molecule has 1 fully saturated rings. The molecule has 0 radical (unpaired) electrons. The predicted octanol–water partition coefficient (Wildman–Crippen LogP) is 3.24. The summed E-state index contributed by atoms with van der Waals surface area (Å²) in [5.74, 6) is 1.33. The van der Waals surface area contributed by atoms with E-state index < -0.39 is 0 Å². The molecular weight excluding hydrogens is 290 g/mol. The van der Waals surface area contributed by atoms with E-state index in [1.54, 1.807) is 12.0 Å². The van der Waals surface area contributed by atoms with Crippen molar-refractivity contribution in [1.82, 2.24) is 14.7 Å². The number of methoxy groups -OCH3 is 1. The molecule has 1 aromatic carbocycles. The first-order chi connectivity index (χ1) is 11.2. The van der Waals surface area contributed by atoms with Crippen molar-refractivity contribution in [2.24, 2.45) is 0 Å². The third-order valence-corrected chi connectivity index (χ3v) is 4.32. The molecule has 122 valence electrons. The molecule has 0 bridgehead atoms. The number of nitrogens with zero attached hydrogens (tertiary/aromatic N) is 3. The lowest BCUT2D eigenvalue weighted by molar-refractivity contribution is 0.0766. The summed E-state index contributed by atoms with van der Waals surface area (Å²) in [5, 5.41) is 4.60. The SMILES string of the molecule is CCN(CC)C(=O)c1cc(C2CC2)n(-c2ccc(OC)cc2)n1. The second kappa shape index (κ2) is 6.44. The number of hydrogen-bond acceptors (Lipinski definition) is 3. The van der Waals surface area contributed by atoms with E-state index in [-0.39, 0.29) is 5.91 Å². The molecular formula is C18H23N3O2. The fourth-order valence-corrected chi connectivity index (χ4v) is 2.77. The van der Waals surface area contributed by atoms with Gasteiger partial charge in [-0.25, -0.2) is 4.68 Å². The number of carbonyl (C=O) groups is 1. The number of rotatable bonds is 6. The molecule has 2 aromatic rings. The Morgan fingerprint density at radius 3 is 2.43 bits per heavy atom. The minimum Gasteiger partial charge on any atom is -0.497 e. The second-order valence-corrected chi connectivity index (χ2v) is 5.82. The Hall–Kier alpha value is -2.30. The molecule has 1 amide bonds. The van der Waals surface area contributed by atoms with Gasteiger partial charge in [0.15, 0.2) is 5.69 Å². The Balaban J connectivity index is 1.97. The van der Waals surface area contributed by atoms with Gasteiger partial charge in [0.1, 0.15) is 5.75 Å². The van der Waals surface area contributed by atoms with Crippen molar-refractivity contribution in [2.75, 3.05) is 20.2 Å². The summed E-state index contributed by atoms with van der Waals surface area (Å²) in [6, 6.07) is 9.74. The van der Waals surface area contributed by atoms with Crippen LogP contribution in [0.3, 0.4) is 0 Å². The molecule has 3 rings (SSSR count). The number of aromatic nitrogens is 2. The average Bonchev–Trinajstić information content (AvgIpc) is 3.34. The van der Waals surface area contributed by atoms with Crippen molar-refractivity contribution in [3.8, 4) is 11.4 Å². The smallest absolute Gasteiger partial charge is 0.274 e. The van der Waals surface area contributed by atoms with Crippen LogP contribution in [0.1, 0.15) is 48.8 Å². The monoisotopic (exact) mass is 313 g/mol. The van der Waals surface area contributed by atoms with Crippen LogP contribution in [-0.2, 0) is 0 Å². The topological polar surface area (TPSA) is 47.4 Å². The molecule has 0 N–H and O–H groups in total. The molecule has 1 aromatic heterocycles. The van der Waals surface area contributed by atoms with Crippen LogP contribution < -0.4 is 4.74 Å². The van der Waals surface area contributed by atoms with Crippen LogP contribution in [0.15, 0.2) is 30.3 Å². The highest BCUT2D eigenvalue weighted by Crippen LogP contribution is 2.41. The summed E-state index contributed by atoms with van der Waals surface area (Å²) < 4.78 is 7.12. The molecule has 0 saturated heterocycles. The van der Waals surface area contributed by atoms with Gasteiger partial charge in [-0.15, -0.1) is 0 Å². The molecule has 23 heavy (non-hydrogen) atoms. The zero-order chi connectivity index (χ0) is 16.4. The van der Waals surface area contributed by atoms with Crippen molar-refractivity contribution < 1.29 is 9.53 Å². The van der Waals surface area contributed by atoms with Gasteiger partial charge in [0.05, 0.1) is 12.8 Å². The van der Waals surface area contributed by atoms with Crippen LogP contribution in [0.2, 0.25) is 0 Å². The van der Waals surface area contributed by atoms with Gasteiger partial charge in [0.25, 0.3) is 5.91 Å². The van der Waals surface area contributed by atoms with Crippen molar-refractivity contribution in [3.05, 3.63) is 41.7 Å². The molecule has 5 nitrogen and oxygen atoms in total. The lowest BCUT2D eigenvalue weighted by atomic mass is 10.2. The highest BCUT2D eigenvalue weighted by atomic mass is 16.5. The van der Waals surface area contributed by atoms with Gasteiger partial charge in [0.2, 0.25) is 0 Å². The fraction of sp³-hybridized carbons (Fsp3) is 0.444. The number of carbonyl (C=O) groups excluding carboxylic acids is 1. The first-order valence-corrected chi connectivity index (χ1v) is 8.21. The maximum atomic E-state index is 12.6. The largest absolute Gasteiger partial charge is 0.497 e. The van der Waals surface area contributed by atoms with Crippen LogP contribution in [0.25, 0.3) is 5.69 Å². The zero-order valence-electron chi connectivity index (χ0n) is 14.0. The summed E-state index contributed by atoms with van der Waals surface area (Å²) in [7, 11) is 1.65. The summed E-state index contributed by atoms with van der Waals surface area (Å²) in [4.78, 5) is 14.4. The summed E-state index contributed by atoms with van der Waals surface area (Å²) in [6.45, 7) is 5.38. The van der Waals surface area contributed by atoms with Crippen LogP contribution in [0.5, 0.6) is 5.75 Å². The molecule has 0 spiro atoms. The molecule has 5 heteroatoms. The third kappa shape index (κ3) is 3.09. The Bertz CT molecular complexity index is 683. The first kappa shape index (κ1) is 15.6. The minimum absolute atomic E-state index is 0.00385. The van der Waals surface area contributed by atoms with Crippen LogP contribution in [-0.4, -0.2) is 40.8 Å². The number of ether oxygens (including phenoxy) is 1. The van der Waals surface area contributed by atoms with Gasteiger partial charge in [-0.2, -0.15) is 5.10 Å². The summed E-state index contributed by atoms with van der Waals surface area (Å²) >= 11 is 0. The highest BCUT2D eigenvalue weighted by Gasteiger charge is 2.30. The van der Waals surface area contributed by atoms with Crippen LogP contribution in [0, 0.1) is 0 Å². The molecule has 0 unspecified atom stereocenters. The van der Waals surface area contributed by atoms with Gasteiger partial charge < -0.3 is 9.64 Å². The van der Waals surface area contributed by atoms with Gasteiger partial charge in [-0.05, 0) is 57.0 Å². The maximum Gasteiger partial charge on any atom is 0.274 e. The van der Waals surface area contributed by atoms with Crippen LogP contribution >= 0.6 is 0 Å². The third-order valence-electron chi connectivity index (χ3n) is 4.32. The standard InChI is InChI=1S/C18H23N3O2/c1-4-20(5-2)18(22)16-12-17(13-6-7-13)21(19-16)14-8-10-15(23-3)11-9-14/h8-13H,4-7H2,1-3H3. The Morgan fingerprint density at radius 1 is 1.26 bits per heavy atom. The normalized spacial score (nSPS) is 13.9. The van der Waals surface area contributed by atoms with E-state index in [4.69, 9.17) is 4.74 Å². The van der Waals surface area contributed by atoms with E-state index in [2.05, 4.69) is 5.10 Å². The van der Waals surface area contributed by atoms with Crippen molar-refractivity contribution >= 4 is 5.91 Å². The zero-order valence-corrected chi connectivity index (χ0v) is 14.0. The van der Waals surface area contributed by atoms with E-state index in [0.29, 0.717) is 24.7 Å². The van der Waals surface area contributed by atoms with Crippen molar-refractivity contribution in [2.45, 2.75) is 32.6 Å². The molecule has 0 aliphatic heterocycles. The maximum absolute atomic E-state index is 12.6. The average molecular weight is 313 g/mol. The van der Waals surface area contributed by atoms with E-state index in [1.807, 2.05) is 48.9 Å². The summed E-state index contributed by atoms with van der Waals surface area (Å²) in [6.07, 6.45) is 2.33. The number of benzene rings is 1. The van der Waals surface area contributed by atoms with E-state index in [0.717, 1.165) is 17.1 Å². The quantitative estimate of drug-likeness (QED) is 0.822. The van der Waals surface area contributed by atoms with E-state index >= 15 is 0 Å². The molecule has 1 aliphatic carbocycles. The van der Waals surface area contributed by atoms with Crippen LogP contribution in [0.4, 0.5) is 0 Å². The fourth-order valence-electron chi connectivity index (χ4n) is 2.77. The lowest BCUT2D eigenvalue weighted by Gasteiger charge is -2.16. The molecule has 0 atom stereocenters. The number of amides is 1. The molecule has 1 heterocycles. The van der Waals surface area contributed by atoms with Gasteiger partial charge in [-0.3, -0.25) is 4.79 Å². The van der Waals surface area contributed by atoms with Gasteiger partial charge in [0, 0.05) is 24.7 Å². The van der Waals surface area contributed by atoms with Crippen molar-refractivity contribution in [1.29, 1.82) is 0 Å². The first-order valence-electron chi connectivity index (χ1n) is 8.21. The minimum atomic E-state index is 0.00385.